The van der Waals surface area contributed by atoms with Gasteiger partial charge in [-0.2, -0.15) is 0 Å². The van der Waals surface area contributed by atoms with Gasteiger partial charge >= 0.3 is 0 Å². The maximum Gasteiger partial charge on any atom is 0.128 e. The molecule has 1 aromatic rings. The number of hydrogen-bond acceptors (Lipinski definition) is 1. The fraction of sp³-hybridized carbons (Fsp3) is 0.500. The summed E-state index contributed by atoms with van der Waals surface area (Å²) in [5.74, 6) is 0.200. The first kappa shape index (κ1) is 9.50. The number of halogens is 1. The molecule has 0 saturated heterocycles. The van der Waals surface area contributed by atoms with E-state index in [1.54, 1.807) is 12.1 Å². The fourth-order valence-corrected chi connectivity index (χ4v) is 2.10. The predicted octanol–water partition coefficient (Wildman–Crippen LogP) is 3.38. The Bertz CT molecular complexity index is 352. The predicted molar refractivity (Wildman–Crippen MR) is 57.1 cm³/mol. The van der Waals surface area contributed by atoms with Crippen LogP contribution >= 0.6 is 0 Å². The molecule has 0 amide bonds. The van der Waals surface area contributed by atoms with Crippen LogP contribution in [0, 0.1) is 11.2 Å². The minimum absolute atomic E-state index is 0.0765. The Morgan fingerprint density at radius 2 is 2.07 bits per heavy atom. The van der Waals surface area contributed by atoms with E-state index in [-0.39, 0.29) is 17.2 Å². The lowest BCUT2D eigenvalue weighted by molar-refractivity contribution is 0.332. The molecule has 76 valence electrons. The molecule has 0 aromatic heterocycles. The topological polar surface area (TPSA) is 12.0 Å². The lowest BCUT2D eigenvalue weighted by Gasteiger charge is -2.26. The van der Waals surface area contributed by atoms with Crippen LogP contribution in [-0.4, -0.2) is 6.54 Å². The van der Waals surface area contributed by atoms with Crippen molar-refractivity contribution in [2.75, 3.05) is 11.9 Å². The van der Waals surface area contributed by atoms with Gasteiger partial charge in [0.1, 0.15) is 5.82 Å². The number of benzene rings is 1. The van der Waals surface area contributed by atoms with Gasteiger partial charge in [0.05, 0.1) is 0 Å². The highest BCUT2D eigenvalue weighted by Crippen LogP contribution is 2.43. The normalized spacial score (nSPS) is 20.4. The summed E-state index contributed by atoms with van der Waals surface area (Å²) in [6.45, 7) is 7.31. The summed E-state index contributed by atoms with van der Waals surface area (Å²) in [7, 11) is 0. The van der Waals surface area contributed by atoms with Crippen molar-refractivity contribution in [3.8, 4) is 0 Å². The van der Waals surface area contributed by atoms with Crippen LogP contribution in [0.25, 0.3) is 0 Å². The van der Waals surface area contributed by atoms with E-state index in [1.807, 2.05) is 6.07 Å². The Balaban J connectivity index is 2.48. The first-order valence-corrected chi connectivity index (χ1v) is 5.02. The molecular weight excluding hydrogens is 177 g/mol. The van der Waals surface area contributed by atoms with Crippen LogP contribution < -0.4 is 5.32 Å². The zero-order valence-electron chi connectivity index (χ0n) is 8.89. The summed E-state index contributed by atoms with van der Waals surface area (Å²) in [5.41, 5.74) is 1.94. The second kappa shape index (κ2) is 2.97. The smallest absolute Gasteiger partial charge is 0.128 e. The average Bonchev–Trinajstić information content (AvgIpc) is 2.47. The monoisotopic (exact) mass is 193 g/mol. The first-order chi connectivity index (χ1) is 6.50. The van der Waals surface area contributed by atoms with E-state index in [0.29, 0.717) is 0 Å². The third-order valence-electron chi connectivity index (χ3n) is 2.94. The molecular formula is C12H16FN. The molecule has 1 heterocycles. The Morgan fingerprint density at radius 1 is 1.36 bits per heavy atom. The molecule has 2 heteroatoms. The fourth-order valence-electron chi connectivity index (χ4n) is 2.10. The molecule has 0 fully saturated rings. The molecule has 14 heavy (non-hydrogen) atoms. The van der Waals surface area contributed by atoms with Crippen molar-refractivity contribution >= 4 is 5.69 Å². The molecule has 1 aromatic carbocycles. The van der Waals surface area contributed by atoms with Gasteiger partial charge in [-0.3, -0.25) is 0 Å². The summed E-state index contributed by atoms with van der Waals surface area (Å²) in [5, 5.41) is 3.26. The molecule has 1 aliphatic rings. The molecule has 0 radical (unpaired) electrons. The van der Waals surface area contributed by atoms with E-state index in [1.165, 1.54) is 0 Å². The van der Waals surface area contributed by atoms with Gasteiger partial charge in [-0.25, -0.2) is 4.39 Å². The minimum Gasteiger partial charge on any atom is -0.384 e. The Morgan fingerprint density at radius 3 is 2.71 bits per heavy atom. The molecule has 1 unspecified atom stereocenters. The Hall–Kier alpha value is -1.05. The molecule has 1 aliphatic heterocycles. The molecule has 0 spiro atoms. The van der Waals surface area contributed by atoms with Crippen LogP contribution in [0.4, 0.5) is 10.1 Å². The first-order valence-electron chi connectivity index (χ1n) is 5.02. The largest absolute Gasteiger partial charge is 0.384 e. The second-order valence-electron chi connectivity index (χ2n) is 5.00. The number of fused-ring (bicyclic) bond motifs is 1. The van der Waals surface area contributed by atoms with Gasteiger partial charge in [0.25, 0.3) is 0 Å². The maximum absolute atomic E-state index is 13.6. The van der Waals surface area contributed by atoms with E-state index in [9.17, 15) is 4.39 Å². The van der Waals surface area contributed by atoms with Crippen LogP contribution in [0.5, 0.6) is 0 Å². The van der Waals surface area contributed by atoms with E-state index in [2.05, 4.69) is 26.1 Å². The summed E-state index contributed by atoms with van der Waals surface area (Å²) < 4.78 is 13.6. The number of nitrogens with one attached hydrogen (secondary N) is 1. The van der Waals surface area contributed by atoms with Crippen molar-refractivity contribution < 1.29 is 4.39 Å². The zero-order chi connectivity index (χ0) is 10.3. The van der Waals surface area contributed by atoms with Crippen molar-refractivity contribution in [1.29, 1.82) is 0 Å². The average molecular weight is 193 g/mol. The molecule has 1 nitrogen and oxygen atoms in total. The van der Waals surface area contributed by atoms with Gasteiger partial charge < -0.3 is 5.32 Å². The molecule has 1 atom stereocenters. The van der Waals surface area contributed by atoms with Gasteiger partial charge in [-0.15, -0.1) is 0 Å². The highest BCUT2D eigenvalue weighted by molar-refractivity contribution is 5.58. The standard InChI is InChI=1S/C12H16FN/c1-12(2,3)8-7-14-10-6-4-5-9(13)11(8)10/h4-6,8,14H,7H2,1-3H3. The molecule has 0 aliphatic carbocycles. The SMILES string of the molecule is CC(C)(C)C1CNc2cccc(F)c21. The molecule has 1 N–H and O–H groups in total. The van der Waals surface area contributed by atoms with Crippen LogP contribution in [0.3, 0.4) is 0 Å². The van der Waals surface area contributed by atoms with Crippen molar-refractivity contribution in [3.05, 3.63) is 29.6 Å². The highest BCUT2D eigenvalue weighted by atomic mass is 19.1. The van der Waals surface area contributed by atoms with Crippen molar-refractivity contribution in [3.63, 3.8) is 0 Å². The summed E-state index contributed by atoms with van der Waals surface area (Å²) in [6.07, 6.45) is 0. The number of anilines is 1. The maximum atomic E-state index is 13.6. The molecule has 0 bridgehead atoms. The second-order valence-corrected chi connectivity index (χ2v) is 5.00. The van der Waals surface area contributed by atoms with E-state index < -0.39 is 0 Å². The summed E-state index contributed by atoms with van der Waals surface area (Å²) in [4.78, 5) is 0. The summed E-state index contributed by atoms with van der Waals surface area (Å²) in [6, 6.07) is 5.25. The van der Waals surface area contributed by atoms with Gasteiger partial charge in [0.2, 0.25) is 0 Å². The van der Waals surface area contributed by atoms with Crippen molar-refractivity contribution in [1.82, 2.24) is 0 Å². The van der Waals surface area contributed by atoms with Crippen LogP contribution in [0.1, 0.15) is 32.3 Å². The van der Waals surface area contributed by atoms with Crippen molar-refractivity contribution in [2.45, 2.75) is 26.7 Å². The van der Waals surface area contributed by atoms with Crippen molar-refractivity contribution in [2.24, 2.45) is 5.41 Å². The minimum atomic E-state index is -0.0765. The summed E-state index contributed by atoms with van der Waals surface area (Å²) >= 11 is 0. The Labute approximate surface area is 84.3 Å². The Kier molecular flexibility index (Phi) is 2.02. The van der Waals surface area contributed by atoms with E-state index >= 15 is 0 Å². The van der Waals surface area contributed by atoms with Crippen LogP contribution in [-0.2, 0) is 0 Å². The molecule has 0 saturated carbocycles. The van der Waals surface area contributed by atoms with Crippen LogP contribution in [0.15, 0.2) is 18.2 Å². The van der Waals surface area contributed by atoms with E-state index in [4.69, 9.17) is 0 Å². The van der Waals surface area contributed by atoms with Gasteiger partial charge in [0.15, 0.2) is 0 Å². The van der Waals surface area contributed by atoms with Gasteiger partial charge in [-0.05, 0) is 17.5 Å². The van der Waals surface area contributed by atoms with Gasteiger partial charge in [0, 0.05) is 23.7 Å². The lowest BCUT2D eigenvalue weighted by Crippen LogP contribution is -2.20. The van der Waals surface area contributed by atoms with Gasteiger partial charge in [-0.1, -0.05) is 26.8 Å². The zero-order valence-corrected chi connectivity index (χ0v) is 8.89. The lowest BCUT2D eigenvalue weighted by atomic mass is 9.77. The van der Waals surface area contributed by atoms with Crippen LogP contribution in [0.2, 0.25) is 0 Å². The molecule has 2 rings (SSSR count). The third kappa shape index (κ3) is 1.39. The number of hydrogen-bond donors (Lipinski definition) is 1. The third-order valence-corrected chi connectivity index (χ3v) is 2.94. The van der Waals surface area contributed by atoms with E-state index in [0.717, 1.165) is 17.8 Å². The highest BCUT2D eigenvalue weighted by Gasteiger charge is 2.34. The number of rotatable bonds is 0. The quantitative estimate of drug-likeness (QED) is 0.666.